The standard InChI is InChI=1S/C54H42N2/c1-53(2)45-25-11-6-23-43(45)52-46(53)26-16-30-51(52)56(37-31-32-40-39-20-5-10-24-44(39)54(3,4)47(40)34-37)48-27-12-7-19-38(48)35-17-15-18-36(33-35)55-49-28-13-8-21-41(49)42-22-9-14-29-50(42)55/h5-34H,1-4H3. The summed E-state index contributed by atoms with van der Waals surface area (Å²) in [5.74, 6) is 0. The number of fused-ring (bicyclic) bond motifs is 9. The molecule has 0 N–H and O–H groups in total. The van der Waals surface area contributed by atoms with Gasteiger partial charge in [-0.25, -0.2) is 0 Å². The first-order chi connectivity index (χ1) is 27.3. The Morgan fingerprint density at radius 1 is 0.393 bits per heavy atom. The molecular formula is C54H42N2. The van der Waals surface area contributed by atoms with Crippen LogP contribution in [0.2, 0.25) is 0 Å². The Morgan fingerprint density at radius 2 is 0.929 bits per heavy atom. The van der Waals surface area contributed by atoms with Gasteiger partial charge in [0.15, 0.2) is 0 Å². The van der Waals surface area contributed by atoms with Gasteiger partial charge in [-0.3, -0.25) is 0 Å². The highest BCUT2D eigenvalue weighted by Crippen LogP contribution is 2.56. The van der Waals surface area contributed by atoms with E-state index in [0.29, 0.717) is 0 Å². The van der Waals surface area contributed by atoms with Crippen molar-refractivity contribution in [3.05, 3.63) is 204 Å². The average molecular weight is 719 g/mol. The lowest BCUT2D eigenvalue weighted by atomic mass is 9.82. The molecule has 0 saturated heterocycles. The van der Waals surface area contributed by atoms with Gasteiger partial charge in [0.25, 0.3) is 0 Å². The second-order valence-corrected chi connectivity index (χ2v) is 16.5. The second kappa shape index (κ2) is 11.9. The molecule has 0 radical (unpaired) electrons. The molecule has 0 amide bonds. The van der Waals surface area contributed by atoms with Crippen LogP contribution >= 0.6 is 0 Å². The minimum absolute atomic E-state index is 0.120. The first-order valence-electron chi connectivity index (χ1n) is 19.8. The van der Waals surface area contributed by atoms with Gasteiger partial charge in [0.1, 0.15) is 0 Å². The first kappa shape index (κ1) is 32.8. The Kier molecular flexibility index (Phi) is 6.98. The first-order valence-corrected chi connectivity index (χ1v) is 19.8. The zero-order valence-electron chi connectivity index (χ0n) is 32.2. The van der Waals surface area contributed by atoms with Crippen molar-refractivity contribution in [1.82, 2.24) is 4.57 Å². The van der Waals surface area contributed by atoms with Gasteiger partial charge < -0.3 is 9.47 Å². The fourth-order valence-corrected chi connectivity index (χ4v) is 10.1. The minimum Gasteiger partial charge on any atom is -0.309 e. The molecule has 0 spiro atoms. The van der Waals surface area contributed by atoms with Gasteiger partial charge >= 0.3 is 0 Å². The average Bonchev–Trinajstić information content (AvgIpc) is 3.79. The third-order valence-corrected chi connectivity index (χ3v) is 12.8. The number of hydrogen-bond acceptors (Lipinski definition) is 1. The third kappa shape index (κ3) is 4.56. The van der Waals surface area contributed by atoms with Crippen LogP contribution in [-0.4, -0.2) is 4.57 Å². The van der Waals surface area contributed by atoms with Gasteiger partial charge in [0.05, 0.1) is 22.4 Å². The number of aromatic nitrogens is 1. The van der Waals surface area contributed by atoms with Crippen LogP contribution in [-0.2, 0) is 10.8 Å². The van der Waals surface area contributed by atoms with Gasteiger partial charge in [-0.15, -0.1) is 0 Å². The number of hydrogen-bond donors (Lipinski definition) is 0. The second-order valence-electron chi connectivity index (χ2n) is 16.5. The summed E-state index contributed by atoms with van der Waals surface area (Å²) in [5, 5.41) is 2.53. The normalized spacial score (nSPS) is 14.4. The Bertz CT molecular complexity index is 2990. The van der Waals surface area contributed by atoms with Gasteiger partial charge in [-0.2, -0.15) is 0 Å². The molecule has 9 aromatic rings. The summed E-state index contributed by atoms with van der Waals surface area (Å²) in [6.07, 6.45) is 0. The molecule has 0 saturated carbocycles. The zero-order chi connectivity index (χ0) is 37.8. The van der Waals surface area contributed by atoms with Crippen LogP contribution in [0.4, 0.5) is 17.1 Å². The van der Waals surface area contributed by atoms with Crippen LogP contribution in [0.15, 0.2) is 182 Å². The fraction of sp³-hybridized carbons (Fsp3) is 0.111. The number of para-hydroxylation sites is 3. The molecule has 2 aliphatic carbocycles. The van der Waals surface area contributed by atoms with E-state index in [-0.39, 0.29) is 10.8 Å². The van der Waals surface area contributed by atoms with Crippen molar-refractivity contribution in [2.24, 2.45) is 0 Å². The molecule has 0 aliphatic heterocycles. The van der Waals surface area contributed by atoms with Crippen molar-refractivity contribution in [2.75, 3.05) is 4.90 Å². The predicted molar refractivity (Wildman–Crippen MR) is 236 cm³/mol. The maximum Gasteiger partial charge on any atom is 0.0543 e. The smallest absolute Gasteiger partial charge is 0.0543 e. The summed E-state index contributed by atoms with van der Waals surface area (Å²) in [6, 6.07) is 67.6. The summed E-state index contributed by atoms with van der Waals surface area (Å²) in [7, 11) is 0. The van der Waals surface area contributed by atoms with E-state index >= 15 is 0 Å². The lowest BCUT2D eigenvalue weighted by molar-refractivity contribution is 0.660. The van der Waals surface area contributed by atoms with Crippen LogP contribution in [0.5, 0.6) is 0 Å². The van der Waals surface area contributed by atoms with Crippen molar-refractivity contribution in [3.8, 4) is 39.1 Å². The molecular weight excluding hydrogens is 677 g/mol. The molecule has 0 unspecified atom stereocenters. The summed E-state index contributed by atoms with van der Waals surface area (Å²) in [5.41, 5.74) is 20.0. The van der Waals surface area contributed by atoms with E-state index < -0.39 is 0 Å². The highest BCUT2D eigenvalue weighted by molar-refractivity contribution is 6.09. The van der Waals surface area contributed by atoms with E-state index in [2.05, 4.69) is 219 Å². The number of anilines is 3. The highest BCUT2D eigenvalue weighted by Gasteiger charge is 2.39. The van der Waals surface area contributed by atoms with E-state index in [1.807, 2.05) is 0 Å². The Labute approximate surface area is 328 Å². The fourth-order valence-electron chi connectivity index (χ4n) is 10.1. The monoisotopic (exact) mass is 718 g/mol. The predicted octanol–water partition coefficient (Wildman–Crippen LogP) is 14.5. The van der Waals surface area contributed by atoms with Crippen LogP contribution in [0.1, 0.15) is 49.9 Å². The van der Waals surface area contributed by atoms with Crippen LogP contribution in [0.3, 0.4) is 0 Å². The van der Waals surface area contributed by atoms with Gasteiger partial charge in [0.2, 0.25) is 0 Å². The van der Waals surface area contributed by atoms with Crippen molar-refractivity contribution < 1.29 is 0 Å². The van der Waals surface area contributed by atoms with Crippen molar-refractivity contribution in [2.45, 2.75) is 38.5 Å². The quantitative estimate of drug-likeness (QED) is 0.172. The summed E-state index contributed by atoms with van der Waals surface area (Å²) >= 11 is 0. The van der Waals surface area contributed by atoms with Crippen LogP contribution in [0.25, 0.3) is 60.9 Å². The Balaban J connectivity index is 1.16. The SMILES string of the molecule is CC1(C)c2ccccc2-c2ccc(N(c3ccccc3-c3cccc(-n4c5ccccc5c5ccccc54)c3)c3cccc4c3-c3ccccc3C4(C)C)cc21. The summed E-state index contributed by atoms with van der Waals surface area (Å²) in [6.45, 7) is 9.49. The van der Waals surface area contributed by atoms with Crippen LogP contribution in [0, 0.1) is 0 Å². The van der Waals surface area contributed by atoms with Crippen molar-refractivity contribution >= 4 is 38.9 Å². The van der Waals surface area contributed by atoms with Gasteiger partial charge in [-0.1, -0.05) is 161 Å². The molecule has 0 fully saturated rings. The number of benzene rings is 8. The van der Waals surface area contributed by atoms with Gasteiger partial charge in [-0.05, 0) is 93.0 Å². The molecule has 0 bridgehead atoms. The zero-order valence-corrected chi connectivity index (χ0v) is 32.2. The third-order valence-electron chi connectivity index (χ3n) is 12.8. The van der Waals surface area contributed by atoms with E-state index in [4.69, 9.17) is 0 Å². The lowest BCUT2D eigenvalue weighted by Crippen LogP contribution is -2.18. The molecule has 1 aromatic heterocycles. The number of nitrogens with zero attached hydrogens (tertiary/aromatic N) is 2. The number of rotatable bonds is 5. The Hall–Kier alpha value is -6.64. The minimum atomic E-state index is -0.128. The van der Waals surface area contributed by atoms with E-state index in [1.54, 1.807) is 0 Å². The molecule has 2 heteroatoms. The largest absolute Gasteiger partial charge is 0.309 e. The van der Waals surface area contributed by atoms with Gasteiger partial charge in [0, 0.05) is 44.1 Å². The lowest BCUT2D eigenvalue weighted by Gasteiger charge is -2.32. The molecule has 11 rings (SSSR count). The molecule has 0 atom stereocenters. The maximum atomic E-state index is 2.54. The molecule has 268 valence electrons. The molecule has 2 nitrogen and oxygen atoms in total. The van der Waals surface area contributed by atoms with Crippen molar-refractivity contribution in [1.29, 1.82) is 0 Å². The van der Waals surface area contributed by atoms with Crippen molar-refractivity contribution in [3.63, 3.8) is 0 Å². The Morgan fingerprint density at radius 3 is 1.68 bits per heavy atom. The maximum absolute atomic E-state index is 2.54. The topological polar surface area (TPSA) is 8.17 Å². The molecule has 8 aromatic carbocycles. The molecule has 56 heavy (non-hydrogen) atoms. The van der Waals surface area contributed by atoms with Crippen LogP contribution < -0.4 is 4.90 Å². The van der Waals surface area contributed by atoms with E-state index in [9.17, 15) is 0 Å². The summed E-state index contributed by atoms with van der Waals surface area (Å²) < 4.78 is 2.41. The molecule has 2 aliphatic rings. The highest BCUT2D eigenvalue weighted by atomic mass is 15.1. The molecule has 1 heterocycles. The van der Waals surface area contributed by atoms with E-state index in [0.717, 1.165) is 17.1 Å². The summed E-state index contributed by atoms with van der Waals surface area (Å²) in [4.78, 5) is 2.54. The van der Waals surface area contributed by atoms with E-state index in [1.165, 1.54) is 83.1 Å².